The number of carbonyl (C=O) groups is 1. The Labute approximate surface area is 114 Å². The highest BCUT2D eigenvalue weighted by atomic mass is 19.2. The smallest absolute Gasteiger partial charge is 0.315 e. The molecule has 1 aromatic carbocycles. The molecule has 7 heteroatoms. The van der Waals surface area contributed by atoms with E-state index in [-0.39, 0.29) is 25.5 Å². The molecule has 1 rings (SSSR count). The molecule has 0 bridgehead atoms. The van der Waals surface area contributed by atoms with Crippen LogP contribution in [0.25, 0.3) is 0 Å². The van der Waals surface area contributed by atoms with Crippen molar-refractivity contribution in [3.63, 3.8) is 0 Å². The first-order chi connectivity index (χ1) is 9.49. The summed E-state index contributed by atoms with van der Waals surface area (Å²) in [5.41, 5.74) is -0.448. The van der Waals surface area contributed by atoms with Crippen LogP contribution in [0.5, 0.6) is 0 Å². The van der Waals surface area contributed by atoms with Crippen LogP contribution in [0.4, 0.5) is 18.9 Å². The molecule has 0 spiro atoms. The molecule has 0 aromatic heterocycles. The highest BCUT2D eigenvalue weighted by Gasteiger charge is 2.15. The number of hydrogen-bond acceptors (Lipinski definition) is 4. The lowest BCUT2D eigenvalue weighted by molar-refractivity contribution is -0.141. The Balaban J connectivity index is 3.02. The van der Waals surface area contributed by atoms with Gasteiger partial charge >= 0.3 is 5.97 Å². The molecule has 0 fully saturated rings. The normalized spacial score (nSPS) is 11.3. The van der Waals surface area contributed by atoms with Crippen molar-refractivity contribution in [1.29, 1.82) is 0 Å². The lowest BCUT2D eigenvalue weighted by atomic mass is 10.3. The Kier molecular flexibility index (Phi) is 6.02. The first kappa shape index (κ1) is 16.0. The molecule has 20 heavy (non-hydrogen) atoms. The predicted molar refractivity (Wildman–Crippen MR) is 66.3 cm³/mol. The van der Waals surface area contributed by atoms with E-state index in [9.17, 15) is 18.0 Å². The Morgan fingerprint density at radius 1 is 1.10 bits per heavy atom. The molecule has 0 saturated heterocycles. The number of halogens is 3. The average molecular weight is 289 g/mol. The number of aliphatic imine (C=N–C) groups is 1. The van der Waals surface area contributed by atoms with Gasteiger partial charge in [0.1, 0.15) is 12.1 Å². The summed E-state index contributed by atoms with van der Waals surface area (Å²) in [5.74, 6) is -5.12. The second kappa shape index (κ2) is 7.52. The first-order valence-corrected chi connectivity index (χ1v) is 5.99. The van der Waals surface area contributed by atoms with E-state index in [0.717, 1.165) is 12.1 Å². The Hall–Kier alpha value is -2.05. The van der Waals surface area contributed by atoms with E-state index in [1.807, 2.05) is 0 Å². The highest BCUT2D eigenvalue weighted by Crippen LogP contribution is 2.23. The molecule has 0 radical (unpaired) electrons. The molecule has 0 unspecified atom stereocenters. The third kappa shape index (κ3) is 4.25. The van der Waals surface area contributed by atoms with Gasteiger partial charge in [0.25, 0.3) is 0 Å². The molecular weight excluding hydrogens is 275 g/mol. The number of carbonyl (C=O) groups excluding carboxylic acids is 1. The monoisotopic (exact) mass is 289 g/mol. The van der Waals surface area contributed by atoms with Gasteiger partial charge in [0.05, 0.1) is 13.2 Å². The van der Waals surface area contributed by atoms with E-state index in [1.165, 1.54) is 0 Å². The number of benzene rings is 1. The Morgan fingerprint density at radius 2 is 1.75 bits per heavy atom. The zero-order valence-corrected chi connectivity index (χ0v) is 11.1. The number of rotatable bonds is 5. The zero-order chi connectivity index (χ0) is 15.1. The van der Waals surface area contributed by atoms with E-state index in [0.29, 0.717) is 0 Å². The van der Waals surface area contributed by atoms with Crippen LogP contribution in [-0.2, 0) is 14.3 Å². The molecule has 110 valence electrons. The van der Waals surface area contributed by atoms with Crippen LogP contribution in [0.2, 0.25) is 0 Å². The Morgan fingerprint density at radius 3 is 2.35 bits per heavy atom. The lowest BCUT2D eigenvalue weighted by Crippen LogP contribution is -2.14. The minimum atomic E-state index is -1.63. The van der Waals surface area contributed by atoms with Crippen LogP contribution in [0.3, 0.4) is 0 Å². The molecule has 0 amide bonds. The van der Waals surface area contributed by atoms with Crippen molar-refractivity contribution in [2.45, 2.75) is 20.3 Å². The molecule has 0 aliphatic rings. The SMILES string of the molecule is CCOC(=O)C/C(=N/c1ccc(F)c(F)c1F)OCC. The van der Waals surface area contributed by atoms with Crippen molar-refractivity contribution in [3.8, 4) is 0 Å². The summed E-state index contributed by atoms with van der Waals surface area (Å²) in [6.45, 7) is 3.63. The number of ether oxygens (including phenoxy) is 2. The second-order valence-corrected chi connectivity index (χ2v) is 3.61. The van der Waals surface area contributed by atoms with Gasteiger partial charge in [-0.15, -0.1) is 0 Å². The summed E-state index contributed by atoms with van der Waals surface area (Å²) in [6.07, 6.45) is -0.319. The van der Waals surface area contributed by atoms with Crippen molar-refractivity contribution in [2.75, 3.05) is 13.2 Å². The minimum Gasteiger partial charge on any atom is -0.481 e. The molecule has 0 atom stereocenters. The van der Waals surface area contributed by atoms with Crippen molar-refractivity contribution < 1.29 is 27.4 Å². The van der Waals surface area contributed by atoms with Crippen LogP contribution in [0.15, 0.2) is 17.1 Å². The van der Waals surface area contributed by atoms with Crippen LogP contribution < -0.4 is 0 Å². The van der Waals surface area contributed by atoms with Gasteiger partial charge < -0.3 is 9.47 Å². The lowest BCUT2D eigenvalue weighted by Gasteiger charge is -2.08. The van der Waals surface area contributed by atoms with Gasteiger partial charge in [-0.2, -0.15) is 0 Å². The van der Waals surface area contributed by atoms with Crippen molar-refractivity contribution >= 4 is 17.6 Å². The number of esters is 1. The molecule has 0 aliphatic heterocycles. The van der Waals surface area contributed by atoms with Gasteiger partial charge in [-0.3, -0.25) is 4.79 Å². The summed E-state index contributed by atoms with van der Waals surface area (Å²) in [5, 5.41) is 0. The molecule has 0 N–H and O–H groups in total. The fourth-order valence-corrected chi connectivity index (χ4v) is 1.36. The maximum atomic E-state index is 13.5. The summed E-state index contributed by atoms with van der Waals surface area (Å²) >= 11 is 0. The van der Waals surface area contributed by atoms with E-state index in [4.69, 9.17) is 9.47 Å². The van der Waals surface area contributed by atoms with Gasteiger partial charge in [-0.1, -0.05) is 0 Å². The molecular formula is C13H14F3NO3. The summed E-state index contributed by atoms with van der Waals surface area (Å²) < 4.78 is 49.1. The van der Waals surface area contributed by atoms with Crippen LogP contribution in [0.1, 0.15) is 20.3 Å². The summed E-state index contributed by atoms with van der Waals surface area (Å²) in [7, 11) is 0. The van der Waals surface area contributed by atoms with Crippen molar-refractivity contribution in [1.82, 2.24) is 0 Å². The molecule has 0 heterocycles. The minimum absolute atomic E-state index is 0.129. The Bertz CT molecular complexity index is 518. The fourth-order valence-electron chi connectivity index (χ4n) is 1.36. The molecule has 0 saturated carbocycles. The fraction of sp³-hybridized carbons (Fsp3) is 0.385. The summed E-state index contributed by atoms with van der Waals surface area (Å²) in [4.78, 5) is 15.0. The predicted octanol–water partition coefficient (Wildman–Crippen LogP) is 3.12. The van der Waals surface area contributed by atoms with Gasteiger partial charge in [0, 0.05) is 0 Å². The largest absolute Gasteiger partial charge is 0.481 e. The highest BCUT2D eigenvalue weighted by molar-refractivity contribution is 5.95. The van der Waals surface area contributed by atoms with Gasteiger partial charge in [-0.05, 0) is 26.0 Å². The van der Waals surface area contributed by atoms with Gasteiger partial charge in [-0.25, -0.2) is 18.2 Å². The van der Waals surface area contributed by atoms with E-state index < -0.39 is 29.1 Å². The molecule has 4 nitrogen and oxygen atoms in total. The third-order valence-corrected chi connectivity index (χ3v) is 2.17. The van der Waals surface area contributed by atoms with Gasteiger partial charge in [0.15, 0.2) is 23.3 Å². The van der Waals surface area contributed by atoms with Crippen molar-refractivity contribution in [3.05, 3.63) is 29.6 Å². The topological polar surface area (TPSA) is 47.9 Å². The molecule has 1 aromatic rings. The maximum Gasteiger partial charge on any atom is 0.315 e. The van der Waals surface area contributed by atoms with Crippen LogP contribution in [0, 0.1) is 17.5 Å². The standard InChI is InChI=1S/C13H14F3NO3/c1-3-19-10(7-11(18)20-4-2)17-9-6-5-8(14)12(15)13(9)16/h5-6H,3-4,7H2,1-2H3/b17-10-. The zero-order valence-electron chi connectivity index (χ0n) is 11.1. The quantitative estimate of drug-likeness (QED) is 0.362. The number of nitrogens with zero attached hydrogens (tertiary/aromatic N) is 1. The van der Waals surface area contributed by atoms with Crippen LogP contribution in [-0.4, -0.2) is 25.1 Å². The van der Waals surface area contributed by atoms with E-state index >= 15 is 0 Å². The average Bonchev–Trinajstić information content (AvgIpc) is 2.40. The van der Waals surface area contributed by atoms with E-state index in [1.54, 1.807) is 13.8 Å². The first-order valence-electron chi connectivity index (χ1n) is 5.99. The van der Waals surface area contributed by atoms with Crippen LogP contribution >= 0.6 is 0 Å². The van der Waals surface area contributed by atoms with Crippen molar-refractivity contribution in [2.24, 2.45) is 4.99 Å². The molecule has 0 aliphatic carbocycles. The van der Waals surface area contributed by atoms with E-state index in [2.05, 4.69) is 4.99 Å². The number of hydrogen-bond donors (Lipinski definition) is 0. The second-order valence-electron chi connectivity index (χ2n) is 3.61. The third-order valence-electron chi connectivity index (χ3n) is 2.17. The maximum absolute atomic E-state index is 13.5. The van der Waals surface area contributed by atoms with Gasteiger partial charge in [0.2, 0.25) is 0 Å². The summed E-state index contributed by atoms with van der Waals surface area (Å²) in [6, 6.07) is 1.70.